The normalized spacial score (nSPS) is 25.3. The number of methoxy groups -OCH3 is 1. The van der Waals surface area contributed by atoms with E-state index in [0.717, 1.165) is 25.4 Å². The van der Waals surface area contributed by atoms with Crippen molar-refractivity contribution >= 4 is 10.0 Å². The maximum Gasteiger partial charge on any atom is 0.243 e. The SMILES string of the molecule is COc1cccc(S(=O)(=O)N2CC[C@H]3[C@H](CN3CCC(C)C)C2)c1. The van der Waals surface area contributed by atoms with E-state index in [9.17, 15) is 8.42 Å². The Morgan fingerprint density at radius 1 is 1.29 bits per heavy atom. The van der Waals surface area contributed by atoms with E-state index in [1.165, 1.54) is 6.42 Å². The average Bonchev–Trinajstić information content (AvgIpc) is 2.55. The van der Waals surface area contributed by atoms with Gasteiger partial charge in [0.15, 0.2) is 0 Å². The number of likely N-dealkylation sites (tertiary alicyclic amines) is 1. The van der Waals surface area contributed by atoms with E-state index in [1.54, 1.807) is 35.7 Å². The van der Waals surface area contributed by atoms with E-state index < -0.39 is 10.0 Å². The molecule has 134 valence electrons. The number of rotatable bonds is 6. The summed E-state index contributed by atoms with van der Waals surface area (Å²) in [5.74, 6) is 1.78. The molecule has 3 rings (SSSR count). The fourth-order valence-corrected chi connectivity index (χ4v) is 5.30. The molecule has 0 amide bonds. The molecular weight excluding hydrogens is 324 g/mol. The van der Waals surface area contributed by atoms with E-state index in [0.29, 0.717) is 35.7 Å². The summed E-state index contributed by atoms with van der Waals surface area (Å²) in [5.41, 5.74) is 0. The van der Waals surface area contributed by atoms with Gasteiger partial charge in [-0.3, -0.25) is 4.90 Å². The number of fused-ring (bicyclic) bond motifs is 1. The molecule has 1 aromatic carbocycles. The zero-order valence-corrected chi connectivity index (χ0v) is 15.6. The molecule has 5 nitrogen and oxygen atoms in total. The Labute approximate surface area is 145 Å². The van der Waals surface area contributed by atoms with Crippen LogP contribution < -0.4 is 4.74 Å². The third-order valence-electron chi connectivity index (χ3n) is 5.27. The highest BCUT2D eigenvalue weighted by Gasteiger charge is 2.44. The van der Waals surface area contributed by atoms with Gasteiger partial charge in [0.25, 0.3) is 0 Å². The number of ether oxygens (including phenoxy) is 1. The van der Waals surface area contributed by atoms with E-state index in [1.807, 2.05) is 0 Å². The van der Waals surface area contributed by atoms with Crippen LogP contribution in [0.2, 0.25) is 0 Å². The fourth-order valence-electron chi connectivity index (χ4n) is 3.76. The lowest BCUT2D eigenvalue weighted by molar-refractivity contribution is -0.0266. The summed E-state index contributed by atoms with van der Waals surface area (Å²) < 4.78 is 32.6. The maximum atomic E-state index is 12.9. The van der Waals surface area contributed by atoms with Crippen LogP contribution in [0.1, 0.15) is 26.7 Å². The first-order valence-corrected chi connectivity index (χ1v) is 10.2. The highest BCUT2D eigenvalue weighted by Crippen LogP contribution is 2.35. The highest BCUT2D eigenvalue weighted by atomic mass is 32.2. The van der Waals surface area contributed by atoms with Crippen molar-refractivity contribution in [2.24, 2.45) is 11.8 Å². The van der Waals surface area contributed by atoms with Crippen molar-refractivity contribution in [1.29, 1.82) is 0 Å². The Morgan fingerprint density at radius 3 is 2.75 bits per heavy atom. The fraction of sp³-hybridized carbons (Fsp3) is 0.667. The van der Waals surface area contributed by atoms with E-state index >= 15 is 0 Å². The van der Waals surface area contributed by atoms with E-state index in [2.05, 4.69) is 18.7 Å². The van der Waals surface area contributed by atoms with Crippen molar-refractivity contribution in [3.8, 4) is 5.75 Å². The first-order chi connectivity index (χ1) is 11.4. The van der Waals surface area contributed by atoms with Gasteiger partial charge in [-0.25, -0.2) is 8.42 Å². The molecule has 0 radical (unpaired) electrons. The topological polar surface area (TPSA) is 49.9 Å². The van der Waals surface area contributed by atoms with Crippen LogP contribution in [0.4, 0.5) is 0 Å². The second kappa shape index (κ2) is 7.02. The van der Waals surface area contributed by atoms with Gasteiger partial charge >= 0.3 is 0 Å². The molecule has 2 atom stereocenters. The number of nitrogens with zero attached hydrogens (tertiary/aromatic N) is 2. The summed E-state index contributed by atoms with van der Waals surface area (Å²) in [4.78, 5) is 2.86. The van der Waals surface area contributed by atoms with Gasteiger partial charge in [-0.15, -0.1) is 0 Å². The lowest BCUT2D eigenvalue weighted by atomic mass is 9.83. The largest absolute Gasteiger partial charge is 0.497 e. The molecule has 2 fully saturated rings. The molecule has 2 heterocycles. The number of piperidine rings is 1. The maximum absolute atomic E-state index is 12.9. The molecule has 0 N–H and O–H groups in total. The molecule has 2 aliphatic heterocycles. The van der Waals surface area contributed by atoms with Crippen LogP contribution in [-0.2, 0) is 10.0 Å². The number of hydrogen-bond donors (Lipinski definition) is 0. The summed E-state index contributed by atoms with van der Waals surface area (Å²) in [7, 11) is -1.87. The van der Waals surface area contributed by atoms with Crippen LogP contribution in [0.25, 0.3) is 0 Å². The van der Waals surface area contributed by atoms with Crippen LogP contribution in [-0.4, -0.2) is 57.0 Å². The smallest absolute Gasteiger partial charge is 0.243 e. The van der Waals surface area contributed by atoms with E-state index in [-0.39, 0.29) is 0 Å². The van der Waals surface area contributed by atoms with Crippen molar-refractivity contribution in [3.63, 3.8) is 0 Å². The van der Waals surface area contributed by atoms with Gasteiger partial charge < -0.3 is 4.74 Å². The molecule has 0 spiro atoms. The lowest BCUT2D eigenvalue weighted by Gasteiger charge is -2.53. The van der Waals surface area contributed by atoms with Crippen molar-refractivity contribution in [3.05, 3.63) is 24.3 Å². The number of sulfonamides is 1. The van der Waals surface area contributed by atoms with Gasteiger partial charge in [-0.05, 0) is 37.4 Å². The quantitative estimate of drug-likeness (QED) is 0.789. The van der Waals surface area contributed by atoms with Gasteiger partial charge in [-0.1, -0.05) is 19.9 Å². The first-order valence-electron chi connectivity index (χ1n) is 8.80. The van der Waals surface area contributed by atoms with Crippen molar-refractivity contribution in [2.45, 2.75) is 37.6 Å². The van der Waals surface area contributed by atoms with Crippen LogP contribution in [0.5, 0.6) is 5.75 Å². The monoisotopic (exact) mass is 352 g/mol. The van der Waals surface area contributed by atoms with Crippen LogP contribution >= 0.6 is 0 Å². The molecule has 0 aliphatic carbocycles. The molecule has 2 aliphatic rings. The Bertz CT molecular complexity index is 675. The zero-order valence-electron chi connectivity index (χ0n) is 14.8. The summed E-state index contributed by atoms with van der Waals surface area (Å²) in [6, 6.07) is 7.33. The number of benzene rings is 1. The lowest BCUT2D eigenvalue weighted by Crippen LogP contribution is -2.64. The minimum Gasteiger partial charge on any atom is -0.497 e. The van der Waals surface area contributed by atoms with Crippen molar-refractivity contribution < 1.29 is 13.2 Å². The summed E-state index contributed by atoms with van der Waals surface area (Å²) in [5, 5.41) is 0. The Kier molecular flexibility index (Phi) is 5.18. The van der Waals surface area contributed by atoms with Crippen molar-refractivity contribution in [2.75, 3.05) is 33.3 Å². The Balaban J connectivity index is 1.64. The molecule has 0 bridgehead atoms. The third-order valence-corrected chi connectivity index (χ3v) is 7.13. The second-order valence-electron chi connectivity index (χ2n) is 7.34. The summed E-state index contributed by atoms with van der Waals surface area (Å²) in [6.07, 6.45) is 2.15. The minimum atomic E-state index is -3.43. The third kappa shape index (κ3) is 3.46. The molecule has 0 saturated carbocycles. The number of hydrogen-bond acceptors (Lipinski definition) is 4. The second-order valence-corrected chi connectivity index (χ2v) is 9.27. The minimum absolute atomic E-state index is 0.330. The average molecular weight is 353 g/mol. The molecule has 6 heteroatoms. The first kappa shape index (κ1) is 17.7. The molecule has 0 aromatic heterocycles. The Hall–Kier alpha value is -1.11. The summed E-state index contributed by atoms with van der Waals surface area (Å²) in [6.45, 7) is 7.92. The standard InChI is InChI=1S/C18H28N2O3S/c1-14(2)7-9-19-12-15-13-20(10-8-18(15)19)24(21,22)17-6-4-5-16(11-17)23-3/h4-6,11,14-15,18H,7-10,12-13H2,1-3H3/t15-,18+/m1/s1. The molecule has 2 saturated heterocycles. The van der Waals surface area contributed by atoms with Crippen LogP contribution in [0.3, 0.4) is 0 Å². The predicted molar refractivity (Wildman–Crippen MR) is 94.7 cm³/mol. The van der Waals surface area contributed by atoms with Gasteiger partial charge in [0.05, 0.1) is 12.0 Å². The van der Waals surface area contributed by atoms with Gasteiger partial charge in [-0.2, -0.15) is 4.31 Å². The summed E-state index contributed by atoms with van der Waals surface area (Å²) >= 11 is 0. The highest BCUT2D eigenvalue weighted by molar-refractivity contribution is 7.89. The molecule has 0 unspecified atom stereocenters. The molecule has 24 heavy (non-hydrogen) atoms. The van der Waals surface area contributed by atoms with Gasteiger partial charge in [0.2, 0.25) is 10.0 Å². The Morgan fingerprint density at radius 2 is 2.08 bits per heavy atom. The zero-order chi connectivity index (χ0) is 17.3. The van der Waals surface area contributed by atoms with Gasteiger partial charge in [0.1, 0.15) is 5.75 Å². The van der Waals surface area contributed by atoms with Crippen molar-refractivity contribution in [1.82, 2.24) is 9.21 Å². The van der Waals surface area contributed by atoms with Gasteiger partial charge in [0, 0.05) is 37.7 Å². The van der Waals surface area contributed by atoms with Crippen LogP contribution in [0.15, 0.2) is 29.2 Å². The van der Waals surface area contributed by atoms with Crippen LogP contribution in [0, 0.1) is 11.8 Å². The van der Waals surface area contributed by atoms with E-state index in [4.69, 9.17) is 4.74 Å². The molecular formula is C18H28N2O3S. The molecule has 1 aromatic rings. The predicted octanol–water partition coefficient (Wildman–Crippen LogP) is 2.44.